The van der Waals surface area contributed by atoms with E-state index in [2.05, 4.69) is 86.9 Å². The van der Waals surface area contributed by atoms with Crippen LogP contribution in [0, 0.1) is 27.7 Å². The Morgan fingerprint density at radius 2 is 1.22 bits per heavy atom. The van der Waals surface area contributed by atoms with Crippen LogP contribution in [0.5, 0.6) is 0 Å². The highest BCUT2D eigenvalue weighted by Crippen LogP contribution is 2.33. The van der Waals surface area contributed by atoms with E-state index >= 15 is 0 Å². The highest BCUT2D eigenvalue weighted by molar-refractivity contribution is 5.70. The number of hydrogen-bond donors (Lipinski definition) is 0. The van der Waals surface area contributed by atoms with Crippen LogP contribution in [0.15, 0.2) is 54.6 Å². The molecule has 0 atom stereocenters. The number of hydrogen-bond acceptors (Lipinski definition) is 0. The first-order valence-corrected chi connectivity index (χ1v) is 8.40. The molecule has 0 unspecified atom stereocenters. The molecule has 3 rings (SSSR count). The fourth-order valence-corrected chi connectivity index (χ4v) is 2.91. The summed E-state index contributed by atoms with van der Waals surface area (Å²) in [5, 5.41) is 0. The minimum absolute atomic E-state index is 1.22. The second-order valence-electron chi connectivity index (χ2n) is 5.72. The van der Waals surface area contributed by atoms with Gasteiger partial charge in [-0.1, -0.05) is 61.9 Å². The minimum atomic E-state index is 1.22. The summed E-state index contributed by atoms with van der Waals surface area (Å²) in [5.41, 5.74) is 9.14. The molecule has 0 fully saturated rings. The molecule has 0 spiro atoms. The largest absolute Gasteiger partial charge is 0.313 e. The predicted octanol–water partition coefficient (Wildman–Crippen LogP) is 6.40. The number of aromatic nitrogens is 1. The van der Waals surface area contributed by atoms with Crippen molar-refractivity contribution in [3.8, 4) is 16.9 Å². The smallest absolute Gasteiger partial charge is 0.0563 e. The highest BCUT2D eigenvalue weighted by atomic mass is 15.0. The van der Waals surface area contributed by atoms with E-state index in [-0.39, 0.29) is 0 Å². The van der Waals surface area contributed by atoms with Crippen LogP contribution in [0.2, 0.25) is 0 Å². The molecule has 0 N–H and O–H groups in total. The van der Waals surface area contributed by atoms with Crippen molar-refractivity contribution in [1.82, 2.24) is 4.57 Å². The van der Waals surface area contributed by atoms with E-state index in [0.29, 0.717) is 0 Å². The van der Waals surface area contributed by atoms with E-state index in [0.717, 1.165) is 0 Å². The highest BCUT2D eigenvalue weighted by Gasteiger charge is 2.16. The van der Waals surface area contributed by atoms with E-state index < -0.39 is 0 Å². The Hall–Kier alpha value is -2.28. The van der Waals surface area contributed by atoms with Gasteiger partial charge < -0.3 is 4.57 Å². The third kappa shape index (κ3) is 3.24. The molecule has 3 aromatic rings. The Balaban J connectivity index is 0.000000924. The van der Waals surface area contributed by atoms with Crippen LogP contribution in [-0.2, 0) is 0 Å². The summed E-state index contributed by atoms with van der Waals surface area (Å²) in [6.45, 7) is 12.8. The van der Waals surface area contributed by atoms with Gasteiger partial charge in [0, 0.05) is 11.4 Å². The van der Waals surface area contributed by atoms with Gasteiger partial charge in [-0.05, 0) is 56.5 Å². The van der Waals surface area contributed by atoms with Crippen molar-refractivity contribution in [3.05, 3.63) is 77.0 Å². The summed E-state index contributed by atoms with van der Waals surface area (Å²) >= 11 is 0. The Kier molecular flexibility index (Phi) is 5.44. The summed E-state index contributed by atoms with van der Waals surface area (Å²) in [6, 6.07) is 19.4. The van der Waals surface area contributed by atoms with Crippen LogP contribution in [0.4, 0.5) is 0 Å². The number of para-hydroxylation sites is 1. The van der Waals surface area contributed by atoms with Gasteiger partial charge in [0.15, 0.2) is 0 Å². The number of nitrogens with zero attached hydrogens (tertiary/aromatic N) is 1. The van der Waals surface area contributed by atoms with Gasteiger partial charge in [-0.15, -0.1) is 0 Å². The quantitative estimate of drug-likeness (QED) is 0.516. The van der Waals surface area contributed by atoms with Crippen LogP contribution in [-0.4, -0.2) is 4.57 Å². The standard InChI is InChI=1S/C20H21N.C2H6/c1-14-10-12-18(13-11-14)20-16(3)15(2)17(4)21(20)19-8-6-5-7-9-19;1-2/h5-13H,1-4H3;1-2H3. The number of benzene rings is 2. The summed E-state index contributed by atoms with van der Waals surface area (Å²) in [7, 11) is 0. The first kappa shape index (κ1) is 17.1. The van der Waals surface area contributed by atoms with Crippen LogP contribution in [0.25, 0.3) is 16.9 Å². The number of aryl methyl sites for hydroxylation is 1. The molecule has 0 aliphatic carbocycles. The molecule has 0 aliphatic heterocycles. The van der Waals surface area contributed by atoms with Crippen molar-refractivity contribution in [3.63, 3.8) is 0 Å². The van der Waals surface area contributed by atoms with Crippen molar-refractivity contribution in [1.29, 1.82) is 0 Å². The Morgan fingerprint density at radius 1 is 0.652 bits per heavy atom. The molecule has 2 aromatic carbocycles. The lowest BCUT2D eigenvalue weighted by molar-refractivity contribution is 1.01. The average Bonchev–Trinajstić information content (AvgIpc) is 2.82. The predicted molar refractivity (Wildman–Crippen MR) is 102 cm³/mol. The molecular weight excluding hydrogens is 278 g/mol. The van der Waals surface area contributed by atoms with E-state index in [1.54, 1.807) is 0 Å². The normalized spacial score (nSPS) is 10.2. The molecule has 0 amide bonds. The second-order valence-corrected chi connectivity index (χ2v) is 5.72. The van der Waals surface area contributed by atoms with Gasteiger partial charge in [-0.3, -0.25) is 0 Å². The molecule has 0 radical (unpaired) electrons. The van der Waals surface area contributed by atoms with E-state index in [1.807, 2.05) is 13.8 Å². The van der Waals surface area contributed by atoms with Gasteiger partial charge >= 0.3 is 0 Å². The maximum atomic E-state index is 2.37. The maximum absolute atomic E-state index is 2.37. The van der Waals surface area contributed by atoms with Gasteiger partial charge in [-0.25, -0.2) is 0 Å². The van der Waals surface area contributed by atoms with Crippen molar-refractivity contribution in [2.75, 3.05) is 0 Å². The number of rotatable bonds is 2. The zero-order valence-electron chi connectivity index (χ0n) is 15.1. The Morgan fingerprint density at radius 3 is 1.78 bits per heavy atom. The fourth-order valence-electron chi connectivity index (χ4n) is 2.91. The van der Waals surface area contributed by atoms with Gasteiger partial charge in [0.25, 0.3) is 0 Å². The fraction of sp³-hybridized carbons (Fsp3) is 0.273. The maximum Gasteiger partial charge on any atom is 0.0563 e. The van der Waals surface area contributed by atoms with Gasteiger partial charge in [-0.2, -0.15) is 0 Å². The molecule has 0 saturated heterocycles. The van der Waals surface area contributed by atoms with Gasteiger partial charge in [0.1, 0.15) is 0 Å². The summed E-state index contributed by atoms with van der Waals surface area (Å²) in [4.78, 5) is 0. The molecule has 23 heavy (non-hydrogen) atoms. The van der Waals surface area contributed by atoms with Crippen LogP contribution in [0.1, 0.15) is 36.2 Å². The minimum Gasteiger partial charge on any atom is -0.313 e. The van der Waals surface area contributed by atoms with Crippen molar-refractivity contribution >= 4 is 0 Å². The first-order valence-electron chi connectivity index (χ1n) is 8.40. The Labute approximate surface area is 140 Å². The molecule has 1 heteroatoms. The van der Waals surface area contributed by atoms with Crippen LogP contribution < -0.4 is 0 Å². The first-order chi connectivity index (χ1) is 11.1. The third-order valence-electron chi connectivity index (χ3n) is 4.36. The molecule has 0 saturated carbocycles. The van der Waals surface area contributed by atoms with E-state index in [4.69, 9.17) is 0 Å². The lowest BCUT2D eigenvalue weighted by Crippen LogP contribution is -1.99. The second kappa shape index (κ2) is 7.32. The van der Waals surface area contributed by atoms with Crippen LogP contribution in [0.3, 0.4) is 0 Å². The van der Waals surface area contributed by atoms with E-state index in [1.165, 1.54) is 39.3 Å². The van der Waals surface area contributed by atoms with Crippen molar-refractivity contribution in [2.24, 2.45) is 0 Å². The molecule has 0 bridgehead atoms. The van der Waals surface area contributed by atoms with Gasteiger partial charge in [0.2, 0.25) is 0 Å². The molecule has 1 heterocycles. The summed E-state index contributed by atoms with van der Waals surface area (Å²) < 4.78 is 2.37. The van der Waals surface area contributed by atoms with Crippen molar-refractivity contribution in [2.45, 2.75) is 41.5 Å². The molecule has 120 valence electrons. The zero-order valence-corrected chi connectivity index (χ0v) is 15.1. The molecule has 0 aliphatic rings. The Bertz CT molecular complexity index is 762. The topological polar surface area (TPSA) is 4.93 Å². The average molecular weight is 305 g/mol. The zero-order chi connectivity index (χ0) is 17.0. The third-order valence-corrected chi connectivity index (χ3v) is 4.36. The monoisotopic (exact) mass is 305 g/mol. The van der Waals surface area contributed by atoms with Crippen molar-refractivity contribution < 1.29 is 0 Å². The van der Waals surface area contributed by atoms with E-state index in [9.17, 15) is 0 Å². The van der Waals surface area contributed by atoms with Gasteiger partial charge in [0.05, 0.1) is 5.69 Å². The summed E-state index contributed by atoms with van der Waals surface area (Å²) in [6.07, 6.45) is 0. The van der Waals surface area contributed by atoms with Crippen LogP contribution >= 0.6 is 0 Å². The lowest BCUT2D eigenvalue weighted by Gasteiger charge is -2.13. The molecule has 1 nitrogen and oxygen atoms in total. The molecular formula is C22H27N. The lowest BCUT2D eigenvalue weighted by atomic mass is 10.0. The summed E-state index contributed by atoms with van der Waals surface area (Å²) in [5.74, 6) is 0. The SMILES string of the molecule is CC.Cc1ccc(-c2c(C)c(C)c(C)n2-c2ccccc2)cc1. The molecule has 1 aromatic heterocycles.